The molecule has 0 aliphatic carbocycles. The first-order valence-corrected chi connectivity index (χ1v) is 10.3. The van der Waals surface area contributed by atoms with Gasteiger partial charge in [-0.05, 0) is 35.6 Å². The summed E-state index contributed by atoms with van der Waals surface area (Å²) in [6.45, 7) is 5.28. The van der Waals surface area contributed by atoms with Crippen molar-refractivity contribution in [1.29, 1.82) is 0 Å². The summed E-state index contributed by atoms with van der Waals surface area (Å²) in [6, 6.07) is 15.9. The van der Waals surface area contributed by atoms with Gasteiger partial charge in [0.15, 0.2) is 0 Å². The lowest BCUT2D eigenvalue weighted by molar-refractivity contribution is -0.00261. The Morgan fingerprint density at radius 1 is 1.12 bits per heavy atom. The minimum absolute atomic E-state index is 0.0428. The van der Waals surface area contributed by atoms with Gasteiger partial charge in [-0.2, -0.15) is 4.31 Å². The second-order valence-electron chi connectivity index (χ2n) is 6.50. The van der Waals surface area contributed by atoms with Gasteiger partial charge in [0, 0.05) is 13.1 Å². The molecule has 0 radical (unpaired) electrons. The van der Waals surface area contributed by atoms with Gasteiger partial charge in [-0.25, -0.2) is 8.42 Å². The summed E-state index contributed by atoms with van der Waals surface area (Å²) in [7, 11) is -3.36. The SMILES string of the molecule is CCc1ccc(C2CN(S(=O)(=O)Cc3ccccc3C)CCO2)cc1. The first kappa shape index (κ1) is 18.1. The van der Waals surface area contributed by atoms with Gasteiger partial charge in [-0.3, -0.25) is 0 Å². The molecule has 1 atom stereocenters. The molecule has 0 aromatic heterocycles. The Morgan fingerprint density at radius 3 is 2.52 bits per heavy atom. The van der Waals surface area contributed by atoms with Gasteiger partial charge in [-0.15, -0.1) is 0 Å². The summed E-state index contributed by atoms with van der Waals surface area (Å²) in [5.74, 6) is 0.0428. The van der Waals surface area contributed by atoms with Crippen molar-refractivity contribution in [2.45, 2.75) is 32.1 Å². The zero-order valence-electron chi connectivity index (χ0n) is 14.8. The molecule has 2 aromatic carbocycles. The van der Waals surface area contributed by atoms with E-state index in [1.807, 2.05) is 43.3 Å². The quantitative estimate of drug-likeness (QED) is 0.821. The van der Waals surface area contributed by atoms with Crippen LogP contribution in [-0.2, 0) is 26.9 Å². The Hall–Kier alpha value is -1.69. The van der Waals surface area contributed by atoms with Crippen molar-refractivity contribution in [1.82, 2.24) is 4.31 Å². The maximum atomic E-state index is 12.9. The zero-order chi connectivity index (χ0) is 17.9. The number of hydrogen-bond donors (Lipinski definition) is 0. The summed E-state index contributed by atoms with van der Waals surface area (Å²) in [5, 5.41) is 0. The van der Waals surface area contributed by atoms with Crippen molar-refractivity contribution in [3.8, 4) is 0 Å². The maximum absolute atomic E-state index is 12.9. The molecule has 4 nitrogen and oxygen atoms in total. The van der Waals surface area contributed by atoms with E-state index in [0.717, 1.165) is 23.1 Å². The minimum atomic E-state index is -3.36. The van der Waals surface area contributed by atoms with Crippen LogP contribution in [0.1, 0.15) is 35.3 Å². The van der Waals surface area contributed by atoms with Gasteiger partial charge in [-0.1, -0.05) is 55.5 Å². The Labute approximate surface area is 150 Å². The summed E-state index contributed by atoms with van der Waals surface area (Å²) in [4.78, 5) is 0. The topological polar surface area (TPSA) is 46.6 Å². The summed E-state index contributed by atoms with van der Waals surface area (Å²) < 4.78 is 33.1. The molecule has 0 spiro atoms. The molecular formula is C20H25NO3S. The molecule has 2 aromatic rings. The third-order valence-corrected chi connectivity index (χ3v) is 6.58. The number of rotatable bonds is 5. The molecule has 0 N–H and O–H groups in total. The number of hydrogen-bond acceptors (Lipinski definition) is 3. The number of nitrogens with zero attached hydrogens (tertiary/aromatic N) is 1. The summed E-state index contributed by atoms with van der Waals surface area (Å²) in [5.41, 5.74) is 4.17. The van der Waals surface area contributed by atoms with Gasteiger partial charge in [0.05, 0.1) is 18.5 Å². The monoisotopic (exact) mass is 359 g/mol. The minimum Gasteiger partial charge on any atom is -0.371 e. The molecule has 1 unspecified atom stereocenters. The van der Waals surface area contributed by atoms with Crippen LogP contribution in [0.5, 0.6) is 0 Å². The van der Waals surface area contributed by atoms with Crippen LogP contribution in [0.4, 0.5) is 0 Å². The van der Waals surface area contributed by atoms with E-state index in [-0.39, 0.29) is 11.9 Å². The average Bonchev–Trinajstić information content (AvgIpc) is 2.64. The van der Waals surface area contributed by atoms with Gasteiger partial charge < -0.3 is 4.74 Å². The van der Waals surface area contributed by atoms with Crippen LogP contribution in [0.3, 0.4) is 0 Å². The largest absolute Gasteiger partial charge is 0.371 e. The molecule has 0 saturated carbocycles. The van der Waals surface area contributed by atoms with Crippen LogP contribution >= 0.6 is 0 Å². The first-order valence-electron chi connectivity index (χ1n) is 8.72. The molecule has 1 aliphatic rings. The van der Waals surface area contributed by atoms with E-state index in [4.69, 9.17) is 4.74 Å². The lowest BCUT2D eigenvalue weighted by Crippen LogP contribution is -2.42. The highest BCUT2D eigenvalue weighted by atomic mass is 32.2. The van der Waals surface area contributed by atoms with Gasteiger partial charge in [0.2, 0.25) is 10.0 Å². The Balaban J connectivity index is 1.74. The number of sulfonamides is 1. The highest BCUT2D eigenvalue weighted by Crippen LogP contribution is 2.26. The zero-order valence-corrected chi connectivity index (χ0v) is 15.6. The number of ether oxygens (including phenoxy) is 1. The molecule has 134 valence electrons. The molecule has 0 bridgehead atoms. The maximum Gasteiger partial charge on any atom is 0.218 e. The number of aryl methyl sites for hydroxylation is 2. The summed E-state index contributed by atoms with van der Waals surface area (Å²) >= 11 is 0. The van der Waals surface area contributed by atoms with Crippen molar-refractivity contribution in [3.63, 3.8) is 0 Å². The van der Waals surface area contributed by atoms with Crippen LogP contribution in [-0.4, -0.2) is 32.4 Å². The van der Waals surface area contributed by atoms with Gasteiger partial charge in [0.1, 0.15) is 0 Å². The molecule has 1 heterocycles. The standard InChI is InChI=1S/C20H25NO3S/c1-3-17-8-10-18(11-9-17)20-14-21(12-13-24-20)25(22,23)15-19-7-5-4-6-16(19)2/h4-11,20H,3,12-15H2,1-2H3. The summed E-state index contributed by atoms with van der Waals surface area (Å²) in [6.07, 6.45) is 0.786. The van der Waals surface area contributed by atoms with Crippen LogP contribution in [0.25, 0.3) is 0 Å². The lowest BCUT2D eigenvalue weighted by atomic mass is 10.1. The third-order valence-electron chi connectivity index (χ3n) is 4.78. The van der Waals surface area contributed by atoms with Crippen LogP contribution in [0.15, 0.2) is 48.5 Å². The number of benzene rings is 2. The molecular weight excluding hydrogens is 334 g/mol. The van der Waals surface area contributed by atoms with Crippen molar-refractivity contribution >= 4 is 10.0 Å². The Bertz CT molecular complexity index is 815. The molecule has 1 fully saturated rings. The lowest BCUT2D eigenvalue weighted by Gasteiger charge is -2.32. The Morgan fingerprint density at radius 2 is 1.84 bits per heavy atom. The highest BCUT2D eigenvalue weighted by Gasteiger charge is 2.30. The number of morpholine rings is 1. The third kappa shape index (κ3) is 4.29. The molecule has 1 saturated heterocycles. The highest BCUT2D eigenvalue weighted by molar-refractivity contribution is 7.88. The van der Waals surface area contributed by atoms with Crippen molar-refractivity contribution in [2.24, 2.45) is 0 Å². The van der Waals surface area contributed by atoms with E-state index < -0.39 is 10.0 Å². The van der Waals surface area contributed by atoms with E-state index in [1.165, 1.54) is 5.56 Å². The fourth-order valence-electron chi connectivity index (χ4n) is 3.11. The van der Waals surface area contributed by atoms with Crippen molar-refractivity contribution < 1.29 is 13.2 Å². The fourth-order valence-corrected chi connectivity index (χ4v) is 4.72. The fraction of sp³-hybridized carbons (Fsp3) is 0.400. The molecule has 0 amide bonds. The van der Waals surface area contributed by atoms with Crippen LogP contribution in [0.2, 0.25) is 0 Å². The smallest absolute Gasteiger partial charge is 0.218 e. The van der Waals surface area contributed by atoms with Gasteiger partial charge >= 0.3 is 0 Å². The van der Waals surface area contributed by atoms with E-state index in [1.54, 1.807) is 4.31 Å². The first-order chi connectivity index (χ1) is 12.0. The van der Waals surface area contributed by atoms with Crippen molar-refractivity contribution in [3.05, 3.63) is 70.8 Å². The van der Waals surface area contributed by atoms with E-state index in [2.05, 4.69) is 19.1 Å². The molecule has 5 heteroatoms. The predicted octanol–water partition coefficient (Wildman–Crippen LogP) is 3.46. The second-order valence-corrected chi connectivity index (χ2v) is 8.46. The Kier molecular flexibility index (Phi) is 5.57. The van der Waals surface area contributed by atoms with E-state index in [0.29, 0.717) is 19.7 Å². The van der Waals surface area contributed by atoms with Gasteiger partial charge in [0.25, 0.3) is 0 Å². The van der Waals surface area contributed by atoms with E-state index >= 15 is 0 Å². The van der Waals surface area contributed by atoms with Crippen LogP contribution in [0, 0.1) is 6.92 Å². The molecule has 1 aliphatic heterocycles. The predicted molar refractivity (Wildman–Crippen MR) is 99.9 cm³/mol. The van der Waals surface area contributed by atoms with Crippen LogP contribution < -0.4 is 0 Å². The molecule has 25 heavy (non-hydrogen) atoms. The van der Waals surface area contributed by atoms with E-state index in [9.17, 15) is 8.42 Å². The molecule has 3 rings (SSSR count). The second kappa shape index (κ2) is 7.68. The normalized spacial score (nSPS) is 19.0. The van der Waals surface area contributed by atoms with Crippen molar-refractivity contribution in [2.75, 3.05) is 19.7 Å². The average molecular weight is 359 g/mol.